The maximum Gasteiger partial charge on any atom is 0.276 e. The minimum Gasteiger partial charge on any atom is -0.488 e. The van der Waals surface area contributed by atoms with Crippen molar-refractivity contribution in [3.8, 4) is 11.8 Å². The average Bonchev–Trinajstić information content (AvgIpc) is 2.46. The third kappa shape index (κ3) is 3.18. The number of hydrogen-bond donors (Lipinski definition) is 0. The van der Waals surface area contributed by atoms with E-state index >= 15 is 0 Å². The zero-order chi connectivity index (χ0) is 15.4. The second-order valence-electron chi connectivity index (χ2n) is 4.72. The fraction of sp³-hybridized carbons (Fsp3) is 0.188. The third-order valence-electron chi connectivity index (χ3n) is 3.21. The maximum atomic E-state index is 11.0. The summed E-state index contributed by atoms with van der Waals surface area (Å²) in [6.45, 7) is 3.73. The number of ether oxygens (including phenoxy) is 1. The minimum atomic E-state index is -0.426. The average molecular weight is 282 g/mol. The summed E-state index contributed by atoms with van der Waals surface area (Å²) in [5, 5.41) is 20.0. The topological polar surface area (TPSA) is 76.2 Å². The van der Waals surface area contributed by atoms with Crippen LogP contribution in [0.1, 0.15) is 22.3 Å². The van der Waals surface area contributed by atoms with Crippen molar-refractivity contribution >= 4 is 5.69 Å². The quantitative estimate of drug-likeness (QED) is 0.633. The van der Waals surface area contributed by atoms with Gasteiger partial charge in [0.15, 0.2) is 0 Å². The van der Waals surface area contributed by atoms with Crippen LogP contribution < -0.4 is 4.74 Å². The van der Waals surface area contributed by atoms with Crippen molar-refractivity contribution in [1.29, 1.82) is 5.26 Å². The van der Waals surface area contributed by atoms with Crippen molar-refractivity contribution in [1.82, 2.24) is 0 Å². The number of nitro groups is 1. The summed E-state index contributed by atoms with van der Waals surface area (Å²) in [6.07, 6.45) is 0. The molecule has 5 nitrogen and oxygen atoms in total. The van der Waals surface area contributed by atoms with Gasteiger partial charge in [-0.2, -0.15) is 5.26 Å². The number of aryl methyl sites for hydroxylation is 2. The van der Waals surface area contributed by atoms with Crippen molar-refractivity contribution in [2.45, 2.75) is 20.5 Å². The second-order valence-corrected chi connectivity index (χ2v) is 4.72. The van der Waals surface area contributed by atoms with Crippen molar-refractivity contribution in [2.24, 2.45) is 0 Å². The lowest BCUT2D eigenvalue weighted by atomic mass is 10.1. The second kappa shape index (κ2) is 6.06. The molecule has 106 valence electrons. The minimum absolute atomic E-state index is 0.0316. The van der Waals surface area contributed by atoms with Gasteiger partial charge in [-0.25, -0.2) is 0 Å². The molecule has 0 fully saturated rings. The highest BCUT2D eigenvalue weighted by atomic mass is 16.6. The number of nitrogens with zero attached hydrogens (tertiary/aromatic N) is 2. The summed E-state index contributed by atoms with van der Waals surface area (Å²) >= 11 is 0. The molecule has 2 rings (SSSR count). The Morgan fingerprint density at radius 1 is 1.24 bits per heavy atom. The molecular weight excluding hydrogens is 268 g/mol. The SMILES string of the molecule is Cc1cc(C)c([N+](=O)[O-])cc1OCc1ccccc1C#N. The van der Waals surface area contributed by atoms with E-state index in [1.165, 1.54) is 6.07 Å². The van der Waals surface area contributed by atoms with Gasteiger partial charge in [-0.1, -0.05) is 18.2 Å². The molecule has 0 aliphatic heterocycles. The first-order chi connectivity index (χ1) is 10.0. The van der Waals surface area contributed by atoms with Gasteiger partial charge in [0.2, 0.25) is 0 Å². The first-order valence-electron chi connectivity index (χ1n) is 6.39. The molecule has 0 aromatic heterocycles. The maximum absolute atomic E-state index is 11.0. The first kappa shape index (κ1) is 14.5. The Hall–Kier alpha value is -2.87. The van der Waals surface area contributed by atoms with E-state index in [-0.39, 0.29) is 12.3 Å². The van der Waals surface area contributed by atoms with Gasteiger partial charge in [0.25, 0.3) is 5.69 Å². The van der Waals surface area contributed by atoms with Crippen LogP contribution in [0, 0.1) is 35.3 Å². The van der Waals surface area contributed by atoms with Gasteiger partial charge in [-0.05, 0) is 31.5 Å². The van der Waals surface area contributed by atoms with Crippen LogP contribution in [0.5, 0.6) is 5.75 Å². The highest BCUT2D eigenvalue weighted by molar-refractivity contribution is 5.49. The number of nitro benzene ring substituents is 1. The van der Waals surface area contributed by atoms with Gasteiger partial charge in [0.1, 0.15) is 12.4 Å². The number of hydrogen-bond acceptors (Lipinski definition) is 4. The summed E-state index contributed by atoms with van der Waals surface area (Å²) in [5.74, 6) is 0.458. The van der Waals surface area contributed by atoms with Gasteiger partial charge in [-0.3, -0.25) is 10.1 Å². The van der Waals surface area contributed by atoms with E-state index in [2.05, 4.69) is 6.07 Å². The summed E-state index contributed by atoms with van der Waals surface area (Å²) in [5.41, 5.74) is 2.75. The highest BCUT2D eigenvalue weighted by Crippen LogP contribution is 2.28. The first-order valence-corrected chi connectivity index (χ1v) is 6.39. The monoisotopic (exact) mass is 282 g/mol. The van der Waals surface area contributed by atoms with E-state index in [4.69, 9.17) is 10.00 Å². The lowest BCUT2D eigenvalue weighted by molar-refractivity contribution is -0.385. The Kier molecular flexibility index (Phi) is 4.19. The molecule has 5 heteroatoms. The van der Waals surface area contributed by atoms with Crippen LogP contribution in [0.4, 0.5) is 5.69 Å². The Morgan fingerprint density at radius 3 is 2.62 bits per heavy atom. The van der Waals surface area contributed by atoms with E-state index < -0.39 is 4.92 Å². The molecule has 0 aliphatic carbocycles. The molecule has 0 N–H and O–H groups in total. The van der Waals surface area contributed by atoms with E-state index in [1.807, 2.05) is 13.0 Å². The molecule has 0 amide bonds. The lowest BCUT2D eigenvalue weighted by Crippen LogP contribution is -2.01. The van der Waals surface area contributed by atoms with E-state index in [0.717, 1.165) is 11.1 Å². The largest absolute Gasteiger partial charge is 0.488 e. The van der Waals surface area contributed by atoms with E-state index in [9.17, 15) is 10.1 Å². The van der Waals surface area contributed by atoms with Crippen molar-refractivity contribution < 1.29 is 9.66 Å². The van der Waals surface area contributed by atoms with Gasteiger partial charge in [0, 0.05) is 11.1 Å². The van der Waals surface area contributed by atoms with Crippen molar-refractivity contribution in [3.05, 3.63) is 68.8 Å². The number of nitriles is 1. The molecule has 0 aliphatic rings. The van der Waals surface area contributed by atoms with Crippen molar-refractivity contribution in [2.75, 3.05) is 0 Å². The van der Waals surface area contributed by atoms with E-state index in [1.54, 1.807) is 31.2 Å². The zero-order valence-electron chi connectivity index (χ0n) is 11.8. The van der Waals surface area contributed by atoms with Gasteiger partial charge < -0.3 is 4.74 Å². The standard InChI is InChI=1S/C16H14N2O3/c1-11-7-12(2)16(8-15(11)18(19)20)21-10-14-6-4-3-5-13(14)9-17/h3-8H,10H2,1-2H3. The zero-order valence-corrected chi connectivity index (χ0v) is 11.8. The Labute approximate surface area is 122 Å². The predicted molar refractivity (Wildman–Crippen MR) is 78.1 cm³/mol. The lowest BCUT2D eigenvalue weighted by Gasteiger charge is -2.11. The van der Waals surface area contributed by atoms with Crippen molar-refractivity contribution in [3.63, 3.8) is 0 Å². The van der Waals surface area contributed by atoms with Gasteiger partial charge >= 0.3 is 0 Å². The van der Waals surface area contributed by atoms with E-state index in [0.29, 0.717) is 16.9 Å². The molecule has 0 spiro atoms. The Bertz CT molecular complexity index is 733. The molecule has 21 heavy (non-hydrogen) atoms. The molecular formula is C16H14N2O3. The third-order valence-corrected chi connectivity index (χ3v) is 3.21. The fourth-order valence-electron chi connectivity index (χ4n) is 2.08. The smallest absolute Gasteiger partial charge is 0.276 e. The fourth-order valence-corrected chi connectivity index (χ4v) is 2.08. The predicted octanol–water partition coefficient (Wildman–Crippen LogP) is 3.66. The van der Waals surface area contributed by atoms with Crippen LogP contribution in [-0.2, 0) is 6.61 Å². The molecule has 2 aromatic rings. The Balaban J connectivity index is 2.26. The number of benzene rings is 2. The van der Waals surface area contributed by atoms with Crippen LogP contribution >= 0.6 is 0 Å². The summed E-state index contributed by atoms with van der Waals surface area (Å²) in [4.78, 5) is 10.5. The molecule has 2 aromatic carbocycles. The van der Waals surface area contributed by atoms with Crippen LogP contribution in [-0.4, -0.2) is 4.92 Å². The van der Waals surface area contributed by atoms with Crippen LogP contribution in [0.25, 0.3) is 0 Å². The molecule has 0 atom stereocenters. The molecule has 0 heterocycles. The van der Waals surface area contributed by atoms with Gasteiger partial charge in [-0.15, -0.1) is 0 Å². The van der Waals surface area contributed by atoms with Crippen LogP contribution in [0.2, 0.25) is 0 Å². The highest BCUT2D eigenvalue weighted by Gasteiger charge is 2.14. The molecule has 0 saturated carbocycles. The normalized spacial score (nSPS) is 9.95. The summed E-state index contributed by atoms with van der Waals surface area (Å²) in [7, 11) is 0. The van der Waals surface area contributed by atoms with Crippen LogP contribution in [0.3, 0.4) is 0 Å². The Morgan fingerprint density at radius 2 is 1.95 bits per heavy atom. The molecule has 0 radical (unpaired) electrons. The molecule has 0 unspecified atom stereocenters. The summed E-state index contributed by atoms with van der Waals surface area (Å²) < 4.78 is 5.66. The number of rotatable bonds is 4. The van der Waals surface area contributed by atoms with Gasteiger partial charge in [0.05, 0.1) is 22.6 Å². The molecule has 0 saturated heterocycles. The molecule has 0 bridgehead atoms. The summed E-state index contributed by atoms with van der Waals surface area (Å²) in [6, 6.07) is 12.4. The van der Waals surface area contributed by atoms with Crippen LogP contribution in [0.15, 0.2) is 36.4 Å².